The molecule has 0 unspecified atom stereocenters. The van der Waals surface area contributed by atoms with Gasteiger partial charge in [0.2, 0.25) is 5.91 Å². The Morgan fingerprint density at radius 1 is 1.14 bits per heavy atom. The number of anilines is 2. The average Bonchev–Trinajstić information content (AvgIpc) is 2.82. The van der Waals surface area contributed by atoms with E-state index in [0.717, 1.165) is 28.1 Å². The van der Waals surface area contributed by atoms with E-state index in [2.05, 4.69) is 16.7 Å². The molecular formula is C28H29N3O3S. The largest absolute Gasteiger partial charge is 0.490 e. The fourth-order valence-corrected chi connectivity index (χ4v) is 5.58. The summed E-state index contributed by atoms with van der Waals surface area (Å²) >= 11 is 5.82. The summed E-state index contributed by atoms with van der Waals surface area (Å²) in [5, 5.41) is 7.11. The predicted octanol–water partition coefficient (Wildman–Crippen LogP) is 5.50. The summed E-state index contributed by atoms with van der Waals surface area (Å²) in [6.45, 7) is 8.41. The van der Waals surface area contributed by atoms with E-state index < -0.39 is 11.6 Å². The molecule has 0 spiro atoms. The van der Waals surface area contributed by atoms with E-state index in [1.54, 1.807) is 0 Å². The zero-order valence-electron chi connectivity index (χ0n) is 20.3. The van der Waals surface area contributed by atoms with Crippen LogP contribution in [0.15, 0.2) is 66.7 Å². The minimum atomic E-state index is -1.10. The van der Waals surface area contributed by atoms with E-state index in [9.17, 15) is 4.79 Å². The molecule has 3 aromatic carbocycles. The molecule has 1 saturated heterocycles. The first-order chi connectivity index (χ1) is 16.8. The number of hydrogen-bond donors (Lipinski definition) is 2. The lowest BCUT2D eigenvalue weighted by molar-refractivity contribution is -0.130. The highest BCUT2D eigenvalue weighted by atomic mass is 32.1. The number of amides is 1. The minimum Gasteiger partial charge on any atom is -0.490 e. The first-order valence-electron chi connectivity index (χ1n) is 11.8. The van der Waals surface area contributed by atoms with Crippen LogP contribution in [-0.4, -0.2) is 23.4 Å². The number of carbonyl (C=O) groups is 1. The van der Waals surface area contributed by atoms with Gasteiger partial charge in [-0.3, -0.25) is 9.69 Å². The number of thiocarbonyl (C=S) groups is 1. The van der Waals surface area contributed by atoms with E-state index in [4.69, 9.17) is 21.7 Å². The van der Waals surface area contributed by atoms with E-state index in [1.807, 2.05) is 93.3 Å². The SMILES string of the molecule is CCOc1cccc2c1O[C@@]1(C)[C@@H](C(=O)Nc3ccc(C)cc3C)[C@H]2NC(=S)N1c1ccccc1. The zero-order valence-corrected chi connectivity index (χ0v) is 21.1. The van der Waals surface area contributed by atoms with Crippen LogP contribution >= 0.6 is 12.2 Å². The second kappa shape index (κ2) is 8.89. The Morgan fingerprint density at radius 2 is 1.91 bits per heavy atom. The van der Waals surface area contributed by atoms with Crippen LogP contribution in [0.5, 0.6) is 11.5 Å². The number of para-hydroxylation sites is 2. The normalized spacial score (nSPS) is 22.5. The summed E-state index contributed by atoms with van der Waals surface area (Å²) in [5.74, 6) is 0.526. The maximum Gasteiger partial charge on any atom is 0.236 e. The van der Waals surface area contributed by atoms with Gasteiger partial charge in [-0.25, -0.2) is 0 Å². The Morgan fingerprint density at radius 3 is 2.63 bits per heavy atom. The van der Waals surface area contributed by atoms with Crippen molar-refractivity contribution in [2.45, 2.75) is 39.5 Å². The number of ether oxygens (including phenoxy) is 2. The molecule has 0 aliphatic carbocycles. The van der Waals surface area contributed by atoms with Gasteiger partial charge in [-0.2, -0.15) is 0 Å². The summed E-state index contributed by atoms with van der Waals surface area (Å²) in [5.41, 5.74) is 3.52. The van der Waals surface area contributed by atoms with Gasteiger partial charge in [0.1, 0.15) is 5.92 Å². The van der Waals surface area contributed by atoms with E-state index in [0.29, 0.717) is 23.2 Å². The Labute approximate surface area is 211 Å². The molecular weight excluding hydrogens is 458 g/mol. The predicted molar refractivity (Wildman–Crippen MR) is 142 cm³/mol. The van der Waals surface area contributed by atoms with Crippen LogP contribution in [-0.2, 0) is 4.79 Å². The second-order valence-electron chi connectivity index (χ2n) is 9.15. The van der Waals surface area contributed by atoms with Crippen molar-refractivity contribution in [3.8, 4) is 11.5 Å². The lowest BCUT2D eigenvalue weighted by Gasteiger charge is -2.56. The molecule has 3 atom stereocenters. The van der Waals surface area contributed by atoms with Crippen LogP contribution in [0.2, 0.25) is 0 Å². The number of fused-ring (bicyclic) bond motifs is 4. The summed E-state index contributed by atoms with van der Waals surface area (Å²) in [6.07, 6.45) is 0. The van der Waals surface area contributed by atoms with Gasteiger partial charge in [-0.05, 0) is 69.7 Å². The van der Waals surface area contributed by atoms with Gasteiger partial charge in [0.15, 0.2) is 22.3 Å². The molecule has 0 radical (unpaired) electrons. The Bertz CT molecular complexity index is 1300. The maximum atomic E-state index is 14.0. The third-order valence-electron chi connectivity index (χ3n) is 6.73. The minimum absolute atomic E-state index is 0.146. The second-order valence-corrected chi connectivity index (χ2v) is 9.53. The van der Waals surface area contributed by atoms with Crippen LogP contribution in [0, 0.1) is 19.8 Å². The summed E-state index contributed by atoms with van der Waals surface area (Å²) in [4.78, 5) is 15.9. The lowest BCUT2D eigenvalue weighted by Crippen LogP contribution is -2.72. The van der Waals surface area contributed by atoms with E-state index in [-0.39, 0.29) is 11.9 Å². The third kappa shape index (κ3) is 3.90. The highest BCUT2D eigenvalue weighted by Crippen LogP contribution is 2.52. The quantitative estimate of drug-likeness (QED) is 0.464. The number of carbonyl (C=O) groups excluding carboxylic acids is 1. The number of aryl methyl sites for hydroxylation is 2. The van der Waals surface area contributed by atoms with Crippen molar-refractivity contribution < 1.29 is 14.3 Å². The molecule has 0 aromatic heterocycles. The number of hydrogen-bond acceptors (Lipinski definition) is 4. The topological polar surface area (TPSA) is 62.8 Å². The molecule has 7 heteroatoms. The molecule has 0 saturated carbocycles. The summed E-state index contributed by atoms with van der Waals surface area (Å²) in [7, 11) is 0. The van der Waals surface area contributed by atoms with Crippen molar-refractivity contribution in [2.24, 2.45) is 5.92 Å². The molecule has 1 amide bonds. The molecule has 2 heterocycles. The number of benzene rings is 3. The van der Waals surface area contributed by atoms with Crippen molar-refractivity contribution in [1.29, 1.82) is 0 Å². The van der Waals surface area contributed by atoms with Gasteiger partial charge in [0.05, 0.1) is 12.6 Å². The fraction of sp³-hybridized carbons (Fsp3) is 0.286. The van der Waals surface area contributed by atoms with Crippen molar-refractivity contribution in [3.05, 3.63) is 83.4 Å². The fourth-order valence-electron chi connectivity index (χ4n) is 5.17. The van der Waals surface area contributed by atoms with Crippen molar-refractivity contribution in [3.63, 3.8) is 0 Å². The van der Waals surface area contributed by atoms with Gasteiger partial charge >= 0.3 is 0 Å². The van der Waals surface area contributed by atoms with Crippen molar-refractivity contribution in [2.75, 3.05) is 16.8 Å². The number of nitrogens with one attached hydrogen (secondary N) is 2. The Hall–Kier alpha value is -3.58. The first-order valence-corrected chi connectivity index (χ1v) is 12.2. The first kappa shape index (κ1) is 23.2. The molecule has 3 aromatic rings. The molecule has 2 N–H and O–H groups in total. The molecule has 180 valence electrons. The van der Waals surface area contributed by atoms with Gasteiger partial charge in [-0.15, -0.1) is 0 Å². The average molecular weight is 488 g/mol. The van der Waals surface area contributed by atoms with Gasteiger partial charge < -0.3 is 20.1 Å². The van der Waals surface area contributed by atoms with Crippen LogP contribution in [0.1, 0.15) is 36.6 Å². The van der Waals surface area contributed by atoms with Crippen LogP contribution < -0.4 is 25.0 Å². The molecule has 5 rings (SSSR count). The van der Waals surface area contributed by atoms with Gasteiger partial charge in [0, 0.05) is 16.9 Å². The Kier molecular flexibility index (Phi) is 5.89. The van der Waals surface area contributed by atoms with Gasteiger partial charge in [0.25, 0.3) is 0 Å². The highest BCUT2D eigenvalue weighted by molar-refractivity contribution is 7.80. The van der Waals surface area contributed by atoms with Crippen molar-refractivity contribution in [1.82, 2.24) is 5.32 Å². The standard InChI is InChI=1S/C28H29N3O3S/c1-5-33-22-13-9-12-20-24-23(26(32)29-21-15-14-17(2)16-18(21)3)28(4,34-25(20)22)31(27(35)30-24)19-10-7-6-8-11-19/h6-16,23-24H,5H2,1-4H3,(H,29,32)(H,30,35)/t23-,24+,28+/m1/s1. The molecule has 2 bridgehead atoms. The molecule has 2 aliphatic rings. The molecule has 1 fully saturated rings. The van der Waals surface area contributed by atoms with Crippen LogP contribution in [0.25, 0.3) is 0 Å². The van der Waals surface area contributed by atoms with Crippen molar-refractivity contribution >= 4 is 34.6 Å². The van der Waals surface area contributed by atoms with Crippen LogP contribution in [0.3, 0.4) is 0 Å². The summed E-state index contributed by atoms with van der Waals surface area (Å²) < 4.78 is 12.6. The van der Waals surface area contributed by atoms with E-state index >= 15 is 0 Å². The number of rotatable bonds is 5. The zero-order chi connectivity index (χ0) is 24.7. The molecule has 6 nitrogen and oxygen atoms in total. The van der Waals surface area contributed by atoms with Gasteiger partial charge in [-0.1, -0.05) is 48.0 Å². The number of nitrogens with zero attached hydrogens (tertiary/aromatic N) is 1. The third-order valence-corrected chi connectivity index (χ3v) is 7.03. The highest BCUT2D eigenvalue weighted by Gasteiger charge is 2.59. The monoisotopic (exact) mass is 487 g/mol. The molecule has 2 aliphatic heterocycles. The Balaban J connectivity index is 1.64. The van der Waals surface area contributed by atoms with Crippen LogP contribution in [0.4, 0.5) is 11.4 Å². The summed E-state index contributed by atoms with van der Waals surface area (Å²) in [6, 6.07) is 21.2. The lowest BCUT2D eigenvalue weighted by atomic mass is 9.78. The maximum absolute atomic E-state index is 14.0. The smallest absolute Gasteiger partial charge is 0.236 e. The molecule has 35 heavy (non-hydrogen) atoms. The van der Waals surface area contributed by atoms with E-state index in [1.165, 1.54) is 0 Å².